The van der Waals surface area contributed by atoms with Gasteiger partial charge in [-0.05, 0) is 6.07 Å². The summed E-state index contributed by atoms with van der Waals surface area (Å²) < 4.78 is 1.95. The zero-order chi connectivity index (χ0) is 11.8. The van der Waals surface area contributed by atoms with E-state index in [4.69, 9.17) is 11.6 Å². The lowest BCUT2D eigenvalue weighted by Gasteiger charge is -2.00. The molecule has 0 amide bonds. The lowest BCUT2D eigenvalue weighted by atomic mass is 10.2. The van der Waals surface area contributed by atoms with Crippen LogP contribution in [0.15, 0.2) is 42.6 Å². The van der Waals surface area contributed by atoms with Crippen LogP contribution < -0.4 is 0 Å². The molecule has 4 heteroatoms. The van der Waals surface area contributed by atoms with Crippen LogP contribution in [-0.4, -0.2) is 14.5 Å². The van der Waals surface area contributed by atoms with Gasteiger partial charge in [0.25, 0.3) is 0 Å². The Balaban J connectivity index is 2.32. The molecule has 0 saturated heterocycles. The van der Waals surface area contributed by atoms with Gasteiger partial charge in [-0.3, -0.25) is 0 Å². The fraction of sp³-hybridized carbons (Fsp3) is 0.0769. The van der Waals surface area contributed by atoms with Crippen LogP contribution in [0, 0.1) is 0 Å². The molecule has 1 aromatic carbocycles. The summed E-state index contributed by atoms with van der Waals surface area (Å²) in [6, 6.07) is 11.8. The number of imidazole rings is 1. The second-order valence-electron chi connectivity index (χ2n) is 3.83. The first-order chi connectivity index (χ1) is 8.27. The number of halogens is 1. The Labute approximate surface area is 104 Å². The molecule has 17 heavy (non-hydrogen) atoms. The summed E-state index contributed by atoms with van der Waals surface area (Å²) in [5, 5.41) is 0.632. The Morgan fingerprint density at radius 3 is 2.59 bits per heavy atom. The third kappa shape index (κ3) is 1.59. The van der Waals surface area contributed by atoms with Crippen LogP contribution in [0.3, 0.4) is 0 Å². The van der Waals surface area contributed by atoms with Crippen LogP contribution in [0.5, 0.6) is 0 Å². The largest absolute Gasteiger partial charge is 0.312 e. The number of aromatic nitrogens is 3. The molecule has 84 valence electrons. The molecule has 0 bridgehead atoms. The van der Waals surface area contributed by atoms with Gasteiger partial charge >= 0.3 is 0 Å². The highest BCUT2D eigenvalue weighted by Gasteiger charge is 2.12. The SMILES string of the molecule is Cn1c(-c2ccccc2)nc2c(Cl)ccnc21. The predicted molar refractivity (Wildman–Crippen MR) is 69.0 cm³/mol. The third-order valence-corrected chi connectivity index (χ3v) is 3.05. The van der Waals surface area contributed by atoms with Crippen LogP contribution in [0.2, 0.25) is 5.02 Å². The van der Waals surface area contributed by atoms with Gasteiger partial charge in [0.1, 0.15) is 11.3 Å². The Hall–Kier alpha value is -1.87. The van der Waals surface area contributed by atoms with E-state index < -0.39 is 0 Å². The molecule has 3 nitrogen and oxygen atoms in total. The maximum atomic E-state index is 6.11. The van der Waals surface area contributed by atoms with Crippen molar-refractivity contribution in [2.45, 2.75) is 0 Å². The van der Waals surface area contributed by atoms with Crippen LogP contribution in [0.25, 0.3) is 22.6 Å². The summed E-state index contributed by atoms with van der Waals surface area (Å²) in [7, 11) is 1.95. The van der Waals surface area contributed by atoms with E-state index >= 15 is 0 Å². The van der Waals surface area contributed by atoms with Crippen LogP contribution in [-0.2, 0) is 7.05 Å². The van der Waals surface area contributed by atoms with Crippen LogP contribution in [0.1, 0.15) is 0 Å². The van der Waals surface area contributed by atoms with Crippen LogP contribution >= 0.6 is 11.6 Å². The lowest BCUT2D eigenvalue weighted by Crippen LogP contribution is -1.93. The highest BCUT2D eigenvalue weighted by Crippen LogP contribution is 2.26. The van der Waals surface area contributed by atoms with Gasteiger partial charge in [0.05, 0.1) is 5.02 Å². The monoisotopic (exact) mass is 243 g/mol. The Morgan fingerprint density at radius 1 is 1.12 bits per heavy atom. The minimum absolute atomic E-state index is 0.632. The van der Waals surface area contributed by atoms with E-state index in [-0.39, 0.29) is 0 Å². The highest BCUT2D eigenvalue weighted by atomic mass is 35.5. The summed E-state index contributed by atoms with van der Waals surface area (Å²) >= 11 is 6.11. The second kappa shape index (κ2) is 3.86. The maximum Gasteiger partial charge on any atom is 0.161 e. The van der Waals surface area contributed by atoms with E-state index in [9.17, 15) is 0 Å². The van der Waals surface area contributed by atoms with E-state index in [1.54, 1.807) is 12.3 Å². The van der Waals surface area contributed by atoms with Crippen molar-refractivity contribution in [3.05, 3.63) is 47.6 Å². The van der Waals surface area contributed by atoms with Crippen molar-refractivity contribution < 1.29 is 0 Å². The number of hydrogen-bond acceptors (Lipinski definition) is 2. The Kier molecular flexibility index (Phi) is 2.34. The van der Waals surface area contributed by atoms with E-state index in [1.807, 2.05) is 41.9 Å². The number of fused-ring (bicyclic) bond motifs is 1. The standard InChI is InChI=1S/C13H10ClN3/c1-17-12(9-5-3-2-4-6-9)16-11-10(14)7-8-15-13(11)17/h2-8H,1H3. The Bertz CT molecular complexity index is 674. The summed E-state index contributed by atoms with van der Waals surface area (Å²) in [5.41, 5.74) is 2.61. The maximum absolute atomic E-state index is 6.11. The number of benzene rings is 1. The van der Waals surface area contributed by atoms with E-state index in [0.717, 1.165) is 22.6 Å². The number of nitrogens with zero attached hydrogens (tertiary/aromatic N) is 3. The van der Waals surface area contributed by atoms with Crippen molar-refractivity contribution in [2.75, 3.05) is 0 Å². The third-order valence-electron chi connectivity index (χ3n) is 2.74. The molecule has 0 radical (unpaired) electrons. The van der Waals surface area contributed by atoms with Crippen molar-refractivity contribution in [3.63, 3.8) is 0 Å². The molecule has 0 N–H and O–H groups in total. The number of pyridine rings is 1. The molecule has 3 rings (SSSR count). The molecule has 2 heterocycles. The minimum atomic E-state index is 0.632. The lowest BCUT2D eigenvalue weighted by molar-refractivity contribution is 0.942. The first kappa shape index (κ1) is 10.3. The highest BCUT2D eigenvalue weighted by molar-refractivity contribution is 6.34. The molecular formula is C13H10ClN3. The molecule has 0 fully saturated rings. The normalized spacial score (nSPS) is 10.9. The molecule has 2 aromatic heterocycles. The predicted octanol–water partition coefficient (Wildman–Crippen LogP) is 3.29. The second-order valence-corrected chi connectivity index (χ2v) is 4.23. The number of aryl methyl sites for hydroxylation is 1. The van der Waals surface area contributed by atoms with Crippen molar-refractivity contribution in [2.24, 2.45) is 7.05 Å². The summed E-state index contributed by atoms with van der Waals surface area (Å²) in [4.78, 5) is 8.85. The van der Waals surface area contributed by atoms with Crippen LogP contribution in [0.4, 0.5) is 0 Å². The van der Waals surface area contributed by atoms with E-state index in [1.165, 1.54) is 0 Å². The van der Waals surface area contributed by atoms with Gasteiger partial charge in [0.2, 0.25) is 0 Å². The molecule has 3 aromatic rings. The van der Waals surface area contributed by atoms with E-state index in [2.05, 4.69) is 9.97 Å². The average Bonchev–Trinajstić information content (AvgIpc) is 2.70. The quantitative estimate of drug-likeness (QED) is 0.657. The minimum Gasteiger partial charge on any atom is -0.312 e. The average molecular weight is 244 g/mol. The molecule has 0 aliphatic rings. The number of hydrogen-bond donors (Lipinski definition) is 0. The first-order valence-corrected chi connectivity index (χ1v) is 5.67. The molecular weight excluding hydrogens is 234 g/mol. The van der Waals surface area contributed by atoms with Gasteiger partial charge in [-0.2, -0.15) is 0 Å². The molecule has 0 atom stereocenters. The zero-order valence-electron chi connectivity index (χ0n) is 9.26. The van der Waals surface area contributed by atoms with Crippen molar-refractivity contribution >= 4 is 22.8 Å². The van der Waals surface area contributed by atoms with Gasteiger partial charge < -0.3 is 4.57 Å². The fourth-order valence-electron chi connectivity index (χ4n) is 1.90. The smallest absolute Gasteiger partial charge is 0.161 e. The summed E-state index contributed by atoms with van der Waals surface area (Å²) in [6.45, 7) is 0. The van der Waals surface area contributed by atoms with Crippen molar-refractivity contribution in [1.29, 1.82) is 0 Å². The molecule has 0 aliphatic heterocycles. The topological polar surface area (TPSA) is 30.7 Å². The van der Waals surface area contributed by atoms with Gasteiger partial charge in [-0.15, -0.1) is 0 Å². The first-order valence-electron chi connectivity index (χ1n) is 5.30. The van der Waals surface area contributed by atoms with Gasteiger partial charge in [-0.1, -0.05) is 41.9 Å². The summed E-state index contributed by atoms with van der Waals surface area (Å²) in [6.07, 6.45) is 1.70. The van der Waals surface area contributed by atoms with E-state index in [0.29, 0.717) is 5.02 Å². The fourth-order valence-corrected chi connectivity index (χ4v) is 2.08. The van der Waals surface area contributed by atoms with Gasteiger partial charge in [0.15, 0.2) is 5.65 Å². The zero-order valence-corrected chi connectivity index (χ0v) is 10.0. The molecule has 0 saturated carbocycles. The molecule has 0 spiro atoms. The van der Waals surface area contributed by atoms with Gasteiger partial charge in [-0.25, -0.2) is 9.97 Å². The molecule has 0 aliphatic carbocycles. The van der Waals surface area contributed by atoms with Crippen molar-refractivity contribution in [1.82, 2.24) is 14.5 Å². The molecule has 0 unspecified atom stereocenters. The van der Waals surface area contributed by atoms with Gasteiger partial charge in [0, 0.05) is 18.8 Å². The van der Waals surface area contributed by atoms with Crippen molar-refractivity contribution in [3.8, 4) is 11.4 Å². The summed E-state index contributed by atoms with van der Waals surface area (Å²) in [5.74, 6) is 0.876. The Morgan fingerprint density at radius 2 is 1.88 bits per heavy atom. The number of rotatable bonds is 1.